The third-order valence-electron chi connectivity index (χ3n) is 8.13. The molecule has 2 aliphatic heterocycles. The fourth-order valence-corrected chi connectivity index (χ4v) is 7.33. The van der Waals surface area contributed by atoms with E-state index in [0.29, 0.717) is 29.5 Å². The number of carbonyl (C=O) groups is 1. The molecule has 0 saturated carbocycles. The van der Waals surface area contributed by atoms with Gasteiger partial charge < -0.3 is 14.4 Å². The molecule has 2 aliphatic rings. The smallest absolute Gasteiger partial charge is 0.229 e. The molecule has 6 nitrogen and oxygen atoms in total. The van der Waals surface area contributed by atoms with Crippen LogP contribution in [0.15, 0.2) is 61.2 Å². The Hall–Kier alpha value is -1.90. The number of nitrogens with zero attached hydrogens (tertiary/aromatic N) is 1. The van der Waals surface area contributed by atoms with Crippen LogP contribution >= 0.6 is 23.2 Å². The van der Waals surface area contributed by atoms with Gasteiger partial charge in [-0.2, -0.15) is 0 Å². The van der Waals surface area contributed by atoms with Crippen LogP contribution in [0, 0.1) is 5.41 Å². The van der Waals surface area contributed by atoms with Gasteiger partial charge in [0.2, 0.25) is 5.91 Å². The van der Waals surface area contributed by atoms with Crippen LogP contribution in [-0.4, -0.2) is 55.3 Å². The predicted octanol–water partition coefficient (Wildman–Crippen LogP) is 6.98. The first-order valence-electron chi connectivity index (χ1n) is 13.8. The topological polar surface area (TPSA) is 72.9 Å². The van der Waals surface area contributed by atoms with Crippen molar-refractivity contribution < 1.29 is 22.7 Å². The number of hydrogen-bond acceptors (Lipinski definition) is 5. The number of benzene rings is 2. The number of piperidine rings is 1. The van der Waals surface area contributed by atoms with Crippen LogP contribution in [0.2, 0.25) is 10.0 Å². The number of sulfone groups is 1. The van der Waals surface area contributed by atoms with Crippen LogP contribution in [0.5, 0.6) is 0 Å². The molecular formula is C31H39Cl2NO5S. The summed E-state index contributed by atoms with van der Waals surface area (Å²) in [5.74, 6) is -0.900. The highest BCUT2D eigenvalue weighted by molar-refractivity contribution is 7.91. The minimum atomic E-state index is -3.26. The molecule has 0 spiro atoms. The molecule has 0 bridgehead atoms. The fraction of sp³-hybridized carbons (Fsp3) is 0.516. The van der Waals surface area contributed by atoms with E-state index in [9.17, 15) is 13.2 Å². The number of rotatable bonds is 10. The average molecular weight is 609 g/mol. The van der Waals surface area contributed by atoms with Gasteiger partial charge in [0.15, 0.2) is 5.79 Å². The summed E-state index contributed by atoms with van der Waals surface area (Å²) >= 11 is 12.7. The molecule has 2 aromatic carbocycles. The lowest BCUT2D eigenvalue weighted by Crippen LogP contribution is -2.56. The van der Waals surface area contributed by atoms with Gasteiger partial charge in [0.25, 0.3) is 0 Å². The van der Waals surface area contributed by atoms with Gasteiger partial charge in [-0.15, -0.1) is 6.58 Å². The van der Waals surface area contributed by atoms with Gasteiger partial charge in [-0.25, -0.2) is 8.42 Å². The van der Waals surface area contributed by atoms with Gasteiger partial charge in [-0.3, -0.25) is 4.79 Å². The number of ether oxygens (including phenoxy) is 2. The first kappa shape index (κ1) is 31.0. The average Bonchev–Trinajstić information content (AvgIpc) is 3.24. The van der Waals surface area contributed by atoms with E-state index in [-0.39, 0.29) is 41.9 Å². The van der Waals surface area contributed by atoms with Crippen LogP contribution in [0.3, 0.4) is 0 Å². The Labute approximate surface area is 248 Å². The van der Waals surface area contributed by atoms with Crippen LogP contribution in [0.25, 0.3) is 0 Å². The SMILES string of the molecule is C=C[C@@H](CCS(=O)(=O)CC)N1C(=O)[C@@](C)(CC2COC(C)(C)O2)CC(c2cccc(Cl)c2)C1c1ccc(Cl)cc1. The Bertz CT molecular complexity index is 1330. The van der Waals surface area contributed by atoms with Crippen molar-refractivity contribution in [1.29, 1.82) is 0 Å². The van der Waals surface area contributed by atoms with E-state index >= 15 is 0 Å². The molecule has 2 saturated heterocycles. The van der Waals surface area contributed by atoms with Gasteiger partial charge in [0, 0.05) is 27.1 Å². The second-order valence-corrected chi connectivity index (χ2v) is 15.0. The van der Waals surface area contributed by atoms with Crippen molar-refractivity contribution in [3.8, 4) is 0 Å². The van der Waals surface area contributed by atoms with E-state index in [4.69, 9.17) is 32.7 Å². The van der Waals surface area contributed by atoms with Gasteiger partial charge in [-0.1, -0.05) is 67.4 Å². The Morgan fingerprint density at radius 1 is 1.10 bits per heavy atom. The number of amides is 1. The summed E-state index contributed by atoms with van der Waals surface area (Å²) in [6.07, 6.45) is 2.72. The van der Waals surface area contributed by atoms with Gasteiger partial charge >= 0.3 is 0 Å². The Kier molecular flexibility index (Phi) is 9.42. The molecule has 2 heterocycles. The summed E-state index contributed by atoms with van der Waals surface area (Å²) in [7, 11) is -3.26. The summed E-state index contributed by atoms with van der Waals surface area (Å²) < 4.78 is 37.0. The molecule has 2 fully saturated rings. The minimum Gasteiger partial charge on any atom is -0.348 e. The monoisotopic (exact) mass is 607 g/mol. The zero-order chi connectivity index (χ0) is 29.3. The van der Waals surface area contributed by atoms with Crippen molar-refractivity contribution in [3.63, 3.8) is 0 Å². The maximum Gasteiger partial charge on any atom is 0.229 e. The number of likely N-dealkylation sites (tertiary alicyclic amines) is 1. The second-order valence-electron chi connectivity index (χ2n) is 11.6. The Balaban J connectivity index is 1.84. The highest BCUT2D eigenvalue weighted by Crippen LogP contribution is 2.53. The van der Waals surface area contributed by atoms with Gasteiger partial charge in [0.05, 0.1) is 30.5 Å². The summed E-state index contributed by atoms with van der Waals surface area (Å²) in [6.45, 7) is 11.8. The minimum absolute atomic E-state index is 0.0381. The van der Waals surface area contributed by atoms with Crippen molar-refractivity contribution in [2.75, 3.05) is 18.1 Å². The molecule has 0 N–H and O–H groups in total. The van der Waals surface area contributed by atoms with Crippen molar-refractivity contribution in [3.05, 3.63) is 82.4 Å². The first-order chi connectivity index (χ1) is 18.8. The Morgan fingerprint density at radius 2 is 1.80 bits per heavy atom. The first-order valence-corrected chi connectivity index (χ1v) is 16.3. The third kappa shape index (κ3) is 6.93. The lowest BCUT2D eigenvalue weighted by Gasteiger charge is -2.52. The van der Waals surface area contributed by atoms with Crippen LogP contribution in [0.4, 0.5) is 0 Å². The summed E-state index contributed by atoms with van der Waals surface area (Å²) in [5, 5.41) is 1.21. The molecular weight excluding hydrogens is 569 g/mol. The molecule has 4 rings (SSSR count). The van der Waals surface area contributed by atoms with Crippen molar-refractivity contribution in [1.82, 2.24) is 4.90 Å². The van der Waals surface area contributed by atoms with Crippen molar-refractivity contribution in [2.45, 2.75) is 76.9 Å². The molecule has 218 valence electrons. The second kappa shape index (κ2) is 12.1. The molecule has 2 aromatic rings. The van der Waals surface area contributed by atoms with Crippen molar-refractivity contribution >= 4 is 38.9 Å². The quantitative estimate of drug-likeness (QED) is 0.272. The molecule has 5 atom stereocenters. The van der Waals surface area contributed by atoms with E-state index in [1.807, 2.05) is 74.2 Å². The van der Waals surface area contributed by atoms with E-state index in [2.05, 4.69) is 6.58 Å². The zero-order valence-electron chi connectivity index (χ0n) is 23.6. The molecule has 3 unspecified atom stereocenters. The molecule has 0 aliphatic carbocycles. The lowest BCUT2D eigenvalue weighted by molar-refractivity contribution is -0.161. The van der Waals surface area contributed by atoms with E-state index in [1.165, 1.54) is 0 Å². The molecule has 9 heteroatoms. The van der Waals surface area contributed by atoms with Crippen molar-refractivity contribution in [2.24, 2.45) is 5.41 Å². The fourth-order valence-electron chi connectivity index (χ4n) is 6.12. The summed E-state index contributed by atoms with van der Waals surface area (Å²) in [5.41, 5.74) is 1.11. The number of halogens is 2. The largest absolute Gasteiger partial charge is 0.348 e. The highest BCUT2D eigenvalue weighted by Gasteiger charge is 2.53. The maximum absolute atomic E-state index is 14.7. The predicted molar refractivity (Wildman–Crippen MR) is 160 cm³/mol. The highest BCUT2D eigenvalue weighted by atomic mass is 35.5. The van der Waals surface area contributed by atoms with Crippen LogP contribution in [-0.2, 0) is 24.1 Å². The van der Waals surface area contributed by atoms with Crippen LogP contribution in [0.1, 0.15) is 70.0 Å². The van der Waals surface area contributed by atoms with E-state index < -0.39 is 27.1 Å². The normalized spacial score (nSPS) is 27.5. The van der Waals surface area contributed by atoms with Gasteiger partial charge in [0.1, 0.15) is 9.84 Å². The molecule has 0 aromatic heterocycles. The molecule has 40 heavy (non-hydrogen) atoms. The van der Waals surface area contributed by atoms with E-state index in [1.54, 1.807) is 13.0 Å². The number of carbonyl (C=O) groups excluding carboxylic acids is 1. The lowest BCUT2D eigenvalue weighted by atomic mass is 9.66. The zero-order valence-corrected chi connectivity index (χ0v) is 25.9. The Morgan fingerprint density at radius 3 is 2.38 bits per heavy atom. The standard InChI is InChI=1S/C31H39Cl2NO5S/c1-6-25(15-16-40(36,37)7-2)34-28(21-11-13-23(32)14-12-21)27(22-9-8-10-24(33)17-22)19-31(5,29(34)35)18-26-20-38-30(3,4)39-26/h6,8-14,17,25-28H,1,7,15-16,18-20H2,2-5H3/t25-,26?,27?,28?,31-/m0/s1. The number of hydrogen-bond donors (Lipinski definition) is 0. The summed E-state index contributed by atoms with van der Waals surface area (Å²) in [6, 6.07) is 14.4. The van der Waals surface area contributed by atoms with Crippen LogP contribution < -0.4 is 0 Å². The molecule has 1 amide bonds. The maximum atomic E-state index is 14.7. The third-order valence-corrected chi connectivity index (χ3v) is 10.4. The summed E-state index contributed by atoms with van der Waals surface area (Å²) in [4.78, 5) is 16.5. The molecule has 0 radical (unpaired) electrons. The van der Waals surface area contributed by atoms with E-state index in [0.717, 1.165) is 11.1 Å². The van der Waals surface area contributed by atoms with Gasteiger partial charge in [-0.05, 0) is 68.5 Å².